The molecule has 3 aliphatic rings. The zero-order valence-corrected chi connectivity index (χ0v) is 37.0. The summed E-state index contributed by atoms with van der Waals surface area (Å²) in [6.07, 6.45) is -1.25. The summed E-state index contributed by atoms with van der Waals surface area (Å²) >= 11 is 0. The smallest absolute Gasteiger partial charge is 0.870 e. The summed E-state index contributed by atoms with van der Waals surface area (Å²) in [5.41, 5.74) is 0. The fraction of sp³-hybridized carbons (Fsp3) is 0.868. The number of aliphatic hydroxyl groups is 1. The number of aliphatic hydroxyl groups excluding tert-OH is 1. The Labute approximate surface area is 369 Å². The van der Waals surface area contributed by atoms with Gasteiger partial charge in [-0.25, -0.2) is 0 Å². The van der Waals surface area contributed by atoms with Crippen LogP contribution in [0.1, 0.15) is 136 Å². The number of carboxylic acid groups (broad SMARTS) is 1. The third-order valence-electron chi connectivity index (χ3n) is 9.79. The molecule has 3 aliphatic carbocycles. The average molecular weight is 859 g/mol. The van der Waals surface area contributed by atoms with E-state index >= 15 is 0 Å². The second-order valence-electron chi connectivity index (χ2n) is 13.7. The molecule has 0 aliphatic heterocycles. The van der Waals surface area contributed by atoms with Crippen molar-refractivity contribution in [2.24, 2.45) is 35.5 Å². The predicted molar refractivity (Wildman–Crippen MR) is 189 cm³/mol. The van der Waals surface area contributed by atoms with E-state index in [0.717, 1.165) is 58.5 Å². The van der Waals surface area contributed by atoms with Crippen LogP contribution in [-0.4, -0.2) is 73.5 Å². The van der Waals surface area contributed by atoms with Gasteiger partial charge in [0, 0.05) is 20.0 Å². The van der Waals surface area contributed by atoms with Crippen molar-refractivity contribution in [2.75, 3.05) is 21.3 Å². The minimum atomic E-state index is -4.13. The summed E-state index contributed by atoms with van der Waals surface area (Å²) in [7, 11) is 3.73. The van der Waals surface area contributed by atoms with E-state index in [9.17, 15) is 53.9 Å². The van der Waals surface area contributed by atoms with Crippen molar-refractivity contribution in [1.29, 1.82) is 0 Å². The number of ether oxygens (including phenoxy) is 2. The Balaban J connectivity index is -0.000000340. The van der Waals surface area contributed by atoms with Crippen LogP contribution in [0.5, 0.6) is 0 Å². The summed E-state index contributed by atoms with van der Waals surface area (Å²) in [6.45, 7) is 4.00. The molecule has 0 bridgehead atoms. The number of aliphatic carboxylic acids is 1. The molecular formula is C38H64F9KO8. The maximum absolute atomic E-state index is 12.0. The van der Waals surface area contributed by atoms with Crippen LogP contribution in [0.4, 0.5) is 39.5 Å². The molecule has 3 rings (SSSR count). The molecule has 328 valence electrons. The Morgan fingerprint density at radius 3 is 1.20 bits per heavy atom. The Morgan fingerprint density at radius 1 is 0.589 bits per heavy atom. The summed E-state index contributed by atoms with van der Waals surface area (Å²) in [5.74, 6) is -0.755. The number of rotatable bonds is 11. The third kappa shape index (κ3) is 33.0. The van der Waals surface area contributed by atoms with Crippen molar-refractivity contribution in [3.8, 4) is 0 Å². The molecule has 3 fully saturated rings. The molecule has 0 aromatic rings. The SMILES string of the molecule is CC.CO.COC(=O)C1CCC(C=CCC(F)(F)F)CC1.COC(=O)C1CCC(CCCC(F)(F)F)CC1.O=C(O)C1CCC(CCCC(F)(F)F)CC1.[K+].[OH-]. The number of carbonyl (C=O) groups is 3. The van der Waals surface area contributed by atoms with Gasteiger partial charge in [0.15, 0.2) is 0 Å². The van der Waals surface area contributed by atoms with E-state index < -0.39 is 43.8 Å². The number of methoxy groups -OCH3 is 2. The van der Waals surface area contributed by atoms with Crippen LogP contribution in [0.3, 0.4) is 0 Å². The van der Waals surface area contributed by atoms with E-state index in [0.29, 0.717) is 44.4 Å². The molecule has 0 heterocycles. The molecule has 0 saturated heterocycles. The first-order valence-electron chi connectivity index (χ1n) is 18.9. The standard InChI is InChI=1S/C12H19F3O2.C12H17F3O2.C11H17F3O2.C2H6.CH4O.K.H2O/c2*1-17-11(16)10-6-4-9(5-7-10)3-2-8-12(13,14)15;12-11(13,14)7-1-2-8-3-5-9(6-4-8)10(15)16;2*1-2;;/h9-10H,2-8H2,1H3;2-3,9-10H,4-8H2,1H3;8-9H,1-7H2,(H,15,16);1-2H3;2H,1H3;;1H2/q;;;;;+1;/p-1. The molecule has 3 N–H and O–H groups in total. The first-order valence-corrected chi connectivity index (χ1v) is 18.9. The van der Waals surface area contributed by atoms with Crippen LogP contribution in [0.25, 0.3) is 0 Å². The van der Waals surface area contributed by atoms with Crippen LogP contribution in [0, 0.1) is 35.5 Å². The zero-order chi connectivity index (χ0) is 42.0. The topological polar surface area (TPSA) is 140 Å². The van der Waals surface area contributed by atoms with Crippen LogP contribution < -0.4 is 51.4 Å². The van der Waals surface area contributed by atoms with Gasteiger partial charge in [-0.05, 0) is 108 Å². The van der Waals surface area contributed by atoms with Gasteiger partial charge in [0.2, 0.25) is 0 Å². The number of allylic oxidation sites excluding steroid dienone is 2. The fourth-order valence-corrected chi connectivity index (χ4v) is 6.84. The number of hydrogen-bond acceptors (Lipinski definition) is 7. The van der Waals surface area contributed by atoms with Gasteiger partial charge in [-0.15, -0.1) is 0 Å². The Hall–Kier alpha value is -0.924. The molecule has 0 radical (unpaired) electrons. The summed E-state index contributed by atoms with van der Waals surface area (Å²) in [5, 5.41) is 15.8. The van der Waals surface area contributed by atoms with Gasteiger partial charge in [0.05, 0.1) is 38.4 Å². The molecule has 3 saturated carbocycles. The van der Waals surface area contributed by atoms with Crippen LogP contribution in [-0.2, 0) is 23.9 Å². The molecule has 0 unspecified atom stereocenters. The monoisotopic (exact) mass is 858 g/mol. The molecule has 0 amide bonds. The molecule has 56 heavy (non-hydrogen) atoms. The molecule has 0 atom stereocenters. The number of esters is 2. The number of alkyl halides is 9. The number of carboxylic acids is 1. The fourth-order valence-electron chi connectivity index (χ4n) is 6.84. The van der Waals surface area contributed by atoms with Gasteiger partial charge in [-0.2, -0.15) is 39.5 Å². The maximum Gasteiger partial charge on any atom is 1.00 e. The number of halogens is 9. The maximum atomic E-state index is 12.0. The van der Waals surface area contributed by atoms with Gasteiger partial charge < -0.3 is 25.2 Å². The first-order chi connectivity index (χ1) is 25.2. The molecule has 0 aromatic heterocycles. The Morgan fingerprint density at radius 2 is 0.911 bits per heavy atom. The quantitative estimate of drug-likeness (QED) is 0.0917. The number of carbonyl (C=O) groups excluding carboxylic acids is 2. The Bertz CT molecular complexity index is 1020. The van der Waals surface area contributed by atoms with Crippen molar-refractivity contribution in [2.45, 2.75) is 154 Å². The van der Waals surface area contributed by atoms with E-state index in [1.807, 2.05) is 13.8 Å². The van der Waals surface area contributed by atoms with Crippen LogP contribution in [0.15, 0.2) is 12.2 Å². The largest absolute Gasteiger partial charge is 1.00 e. The molecule has 18 heteroatoms. The van der Waals surface area contributed by atoms with Gasteiger partial charge in [0.1, 0.15) is 0 Å². The molecule has 0 aromatic carbocycles. The molecular weight excluding hydrogens is 794 g/mol. The number of hydrogen-bond donors (Lipinski definition) is 2. The minimum absolute atomic E-state index is 0. The predicted octanol–water partition coefficient (Wildman–Crippen LogP) is 8.24. The molecule has 8 nitrogen and oxygen atoms in total. The van der Waals surface area contributed by atoms with Crippen LogP contribution in [0.2, 0.25) is 0 Å². The van der Waals surface area contributed by atoms with E-state index in [1.165, 1.54) is 20.3 Å². The van der Waals surface area contributed by atoms with Crippen molar-refractivity contribution in [3.63, 3.8) is 0 Å². The summed E-state index contributed by atoms with van der Waals surface area (Å²) in [4.78, 5) is 33.1. The Kier molecular flexibility index (Phi) is 37.3. The average Bonchev–Trinajstić information content (AvgIpc) is 3.12. The van der Waals surface area contributed by atoms with Crippen molar-refractivity contribution >= 4 is 17.9 Å². The summed E-state index contributed by atoms with van der Waals surface area (Å²) in [6, 6.07) is 0. The van der Waals surface area contributed by atoms with E-state index in [-0.39, 0.29) is 111 Å². The third-order valence-corrected chi connectivity index (χ3v) is 9.79. The normalized spacial score (nSPS) is 23.6. The van der Waals surface area contributed by atoms with Gasteiger partial charge in [-0.3, -0.25) is 14.4 Å². The second kappa shape index (κ2) is 33.9. The molecule has 0 spiro atoms. The van der Waals surface area contributed by atoms with E-state index in [2.05, 4.69) is 9.47 Å². The van der Waals surface area contributed by atoms with Gasteiger partial charge in [0.25, 0.3) is 0 Å². The van der Waals surface area contributed by atoms with Crippen molar-refractivity contribution < 1.29 is 130 Å². The zero-order valence-electron chi connectivity index (χ0n) is 33.8. The van der Waals surface area contributed by atoms with Gasteiger partial charge in [-0.1, -0.05) is 38.8 Å². The van der Waals surface area contributed by atoms with Crippen molar-refractivity contribution in [1.82, 2.24) is 0 Å². The second-order valence-corrected chi connectivity index (χ2v) is 13.7. The first kappa shape index (κ1) is 61.7. The summed E-state index contributed by atoms with van der Waals surface area (Å²) < 4.78 is 117. The van der Waals surface area contributed by atoms with E-state index in [1.54, 1.807) is 6.08 Å². The van der Waals surface area contributed by atoms with E-state index in [4.69, 9.17) is 10.2 Å². The van der Waals surface area contributed by atoms with Crippen molar-refractivity contribution in [3.05, 3.63) is 12.2 Å². The van der Waals surface area contributed by atoms with Crippen LogP contribution >= 0.6 is 0 Å². The van der Waals surface area contributed by atoms with Gasteiger partial charge >= 0.3 is 87.8 Å². The minimum Gasteiger partial charge on any atom is -0.870 e.